The number of halogens is 3. The Morgan fingerprint density at radius 2 is 1.90 bits per heavy atom. The van der Waals surface area contributed by atoms with Gasteiger partial charge in [0, 0.05) is 11.7 Å². The van der Waals surface area contributed by atoms with Crippen molar-refractivity contribution in [2.75, 3.05) is 12.3 Å². The molecule has 1 amide bonds. The fourth-order valence-electron chi connectivity index (χ4n) is 1.93. The quantitative estimate of drug-likeness (QED) is 0.865. The van der Waals surface area contributed by atoms with Crippen molar-refractivity contribution in [3.8, 4) is 0 Å². The zero-order valence-electron chi connectivity index (χ0n) is 11.7. The van der Waals surface area contributed by atoms with E-state index in [-0.39, 0.29) is 0 Å². The van der Waals surface area contributed by atoms with Crippen molar-refractivity contribution >= 4 is 11.6 Å². The van der Waals surface area contributed by atoms with E-state index in [1.54, 1.807) is 45.0 Å². The van der Waals surface area contributed by atoms with Crippen LogP contribution in [0.15, 0.2) is 24.3 Å². The van der Waals surface area contributed by atoms with Crippen molar-refractivity contribution in [1.29, 1.82) is 0 Å². The summed E-state index contributed by atoms with van der Waals surface area (Å²) in [5, 5.41) is 0. The first-order chi connectivity index (χ1) is 9.11. The second-order valence-electron chi connectivity index (χ2n) is 5.07. The van der Waals surface area contributed by atoms with E-state index in [0.29, 0.717) is 11.3 Å². The Balaban J connectivity index is 2.95. The van der Waals surface area contributed by atoms with Gasteiger partial charge in [-0.25, -0.2) is 0 Å². The van der Waals surface area contributed by atoms with Crippen LogP contribution in [0.3, 0.4) is 0 Å². The second-order valence-corrected chi connectivity index (χ2v) is 5.07. The molecule has 0 fully saturated rings. The Hall–Kier alpha value is -1.72. The van der Waals surface area contributed by atoms with Crippen LogP contribution in [0.2, 0.25) is 0 Å². The first-order valence-corrected chi connectivity index (χ1v) is 6.34. The number of anilines is 1. The molecule has 2 N–H and O–H groups in total. The molecule has 0 saturated carbocycles. The number of hydrogen-bond donors (Lipinski definition) is 1. The highest BCUT2D eigenvalue weighted by Crippen LogP contribution is 2.24. The van der Waals surface area contributed by atoms with Crippen LogP contribution in [0.1, 0.15) is 32.3 Å². The van der Waals surface area contributed by atoms with Gasteiger partial charge in [-0.3, -0.25) is 4.79 Å². The highest BCUT2D eigenvalue weighted by atomic mass is 19.4. The molecule has 20 heavy (non-hydrogen) atoms. The number of carbonyl (C=O) groups excluding carboxylic acids is 1. The summed E-state index contributed by atoms with van der Waals surface area (Å²) < 4.78 is 37.6. The van der Waals surface area contributed by atoms with Crippen molar-refractivity contribution in [2.45, 2.75) is 38.9 Å². The molecule has 0 radical (unpaired) electrons. The molecule has 3 nitrogen and oxygen atoms in total. The predicted octanol–water partition coefficient (Wildman–Crippen LogP) is 3.17. The largest absolute Gasteiger partial charge is 0.406 e. The number of rotatable bonds is 4. The summed E-state index contributed by atoms with van der Waals surface area (Å²) in [6.07, 6.45) is -4.41. The average Bonchev–Trinajstić information content (AvgIpc) is 2.33. The van der Waals surface area contributed by atoms with E-state index in [2.05, 4.69) is 0 Å². The van der Waals surface area contributed by atoms with Gasteiger partial charge < -0.3 is 10.6 Å². The molecule has 0 aromatic heterocycles. The summed E-state index contributed by atoms with van der Waals surface area (Å²) in [6, 6.07) is 6.11. The molecule has 112 valence electrons. The van der Waals surface area contributed by atoms with E-state index in [0.717, 1.165) is 4.90 Å². The lowest BCUT2D eigenvalue weighted by Crippen LogP contribution is -2.45. The van der Waals surface area contributed by atoms with Crippen LogP contribution in [-0.2, 0) is 4.79 Å². The fraction of sp³-hybridized carbons (Fsp3) is 0.500. The highest BCUT2D eigenvalue weighted by Gasteiger charge is 2.35. The molecule has 1 unspecified atom stereocenters. The molecule has 0 bridgehead atoms. The zero-order valence-corrected chi connectivity index (χ0v) is 11.7. The van der Waals surface area contributed by atoms with Crippen LogP contribution in [0, 0.1) is 0 Å². The summed E-state index contributed by atoms with van der Waals surface area (Å²) in [4.78, 5) is 13.1. The third kappa shape index (κ3) is 4.43. The lowest BCUT2D eigenvalue weighted by atomic mass is 9.98. The first kappa shape index (κ1) is 16.3. The SMILES string of the molecule is CC(C(=O)N(CC(F)(F)F)C(C)C)c1cccc(N)c1. The smallest absolute Gasteiger partial charge is 0.399 e. The minimum Gasteiger partial charge on any atom is -0.399 e. The van der Waals surface area contributed by atoms with Gasteiger partial charge in [-0.05, 0) is 38.5 Å². The Labute approximate surface area is 116 Å². The van der Waals surface area contributed by atoms with Crippen LogP contribution in [-0.4, -0.2) is 29.6 Å². The van der Waals surface area contributed by atoms with Crippen LogP contribution in [0.25, 0.3) is 0 Å². The van der Waals surface area contributed by atoms with E-state index in [1.807, 2.05) is 0 Å². The predicted molar refractivity (Wildman–Crippen MR) is 72.2 cm³/mol. The minimum absolute atomic E-state index is 0.481. The van der Waals surface area contributed by atoms with E-state index >= 15 is 0 Å². The molecular formula is C14H19F3N2O. The van der Waals surface area contributed by atoms with Crippen molar-refractivity contribution in [2.24, 2.45) is 0 Å². The molecule has 0 aliphatic carbocycles. The second kappa shape index (κ2) is 6.15. The zero-order chi connectivity index (χ0) is 15.5. The number of carbonyl (C=O) groups is 1. The van der Waals surface area contributed by atoms with Crippen molar-refractivity contribution in [3.05, 3.63) is 29.8 Å². The maximum atomic E-state index is 12.5. The molecule has 1 aromatic carbocycles. The summed E-state index contributed by atoms with van der Waals surface area (Å²) >= 11 is 0. The molecular weight excluding hydrogens is 269 g/mol. The summed E-state index contributed by atoms with van der Waals surface area (Å²) in [6.45, 7) is 3.48. The number of alkyl halides is 3. The minimum atomic E-state index is -4.41. The summed E-state index contributed by atoms with van der Waals surface area (Å²) in [7, 11) is 0. The number of amides is 1. The van der Waals surface area contributed by atoms with Crippen LogP contribution in [0.4, 0.5) is 18.9 Å². The Bertz CT molecular complexity index is 472. The maximum absolute atomic E-state index is 12.5. The van der Waals surface area contributed by atoms with Gasteiger partial charge in [0.2, 0.25) is 5.91 Å². The molecule has 1 aromatic rings. The Morgan fingerprint density at radius 3 is 2.35 bits per heavy atom. The number of nitrogens with two attached hydrogens (primary N) is 1. The molecule has 0 aliphatic heterocycles. The Morgan fingerprint density at radius 1 is 1.30 bits per heavy atom. The van der Waals surface area contributed by atoms with E-state index in [9.17, 15) is 18.0 Å². The van der Waals surface area contributed by atoms with E-state index < -0.39 is 30.6 Å². The molecule has 0 heterocycles. The average molecular weight is 288 g/mol. The van der Waals surface area contributed by atoms with Crippen molar-refractivity contribution in [3.63, 3.8) is 0 Å². The standard InChI is InChI=1S/C14H19F3N2O/c1-9(2)19(8-14(15,16)17)13(20)10(3)11-5-4-6-12(18)7-11/h4-7,9-10H,8,18H2,1-3H3. The number of benzene rings is 1. The molecule has 0 aliphatic rings. The normalized spacial score (nSPS) is 13.3. The third-order valence-electron chi connectivity index (χ3n) is 3.04. The van der Waals surface area contributed by atoms with Gasteiger partial charge in [0.25, 0.3) is 0 Å². The van der Waals surface area contributed by atoms with Gasteiger partial charge in [0.15, 0.2) is 0 Å². The molecule has 6 heteroatoms. The van der Waals surface area contributed by atoms with Gasteiger partial charge in [0.05, 0.1) is 5.92 Å². The maximum Gasteiger partial charge on any atom is 0.406 e. The van der Waals surface area contributed by atoms with Gasteiger partial charge in [-0.1, -0.05) is 12.1 Å². The first-order valence-electron chi connectivity index (χ1n) is 6.34. The van der Waals surface area contributed by atoms with Gasteiger partial charge in [-0.15, -0.1) is 0 Å². The number of hydrogen-bond acceptors (Lipinski definition) is 2. The third-order valence-corrected chi connectivity index (χ3v) is 3.04. The van der Waals surface area contributed by atoms with Crippen molar-refractivity contribution in [1.82, 2.24) is 4.90 Å². The lowest BCUT2D eigenvalue weighted by molar-refractivity contribution is -0.165. The molecule has 1 atom stereocenters. The summed E-state index contributed by atoms with van der Waals surface area (Å²) in [5.74, 6) is -1.22. The monoisotopic (exact) mass is 288 g/mol. The van der Waals surface area contributed by atoms with Crippen LogP contribution in [0.5, 0.6) is 0 Å². The van der Waals surface area contributed by atoms with Gasteiger partial charge in [-0.2, -0.15) is 13.2 Å². The lowest BCUT2D eigenvalue weighted by Gasteiger charge is -2.30. The van der Waals surface area contributed by atoms with Crippen LogP contribution >= 0.6 is 0 Å². The van der Waals surface area contributed by atoms with E-state index in [4.69, 9.17) is 5.73 Å². The Kier molecular flexibility index (Phi) is 5.03. The van der Waals surface area contributed by atoms with Crippen LogP contribution < -0.4 is 5.73 Å². The van der Waals surface area contributed by atoms with Crippen molar-refractivity contribution < 1.29 is 18.0 Å². The summed E-state index contributed by atoms with van der Waals surface area (Å²) in [5.41, 5.74) is 6.72. The fourth-order valence-corrected chi connectivity index (χ4v) is 1.93. The van der Waals surface area contributed by atoms with Gasteiger partial charge in [0.1, 0.15) is 6.54 Å². The molecule has 0 spiro atoms. The van der Waals surface area contributed by atoms with E-state index in [1.165, 1.54) is 0 Å². The number of nitrogen functional groups attached to an aromatic ring is 1. The van der Waals surface area contributed by atoms with Gasteiger partial charge >= 0.3 is 6.18 Å². The molecule has 0 saturated heterocycles. The highest BCUT2D eigenvalue weighted by molar-refractivity contribution is 5.84. The molecule has 1 rings (SSSR count). The number of nitrogens with zero attached hydrogens (tertiary/aromatic N) is 1. The topological polar surface area (TPSA) is 46.3 Å².